The smallest absolute Gasteiger partial charge is 0.408 e. The highest BCUT2D eigenvalue weighted by Gasteiger charge is 2.27. The van der Waals surface area contributed by atoms with Gasteiger partial charge in [0.25, 0.3) is 0 Å². The van der Waals surface area contributed by atoms with E-state index in [9.17, 15) is 9.59 Å². The molecule has 1 rings (SSSR count). The van der Waals surface area contributed by atoms with Gasteiger partial charge in [0.1, 0.15) is 5.60 Å². The number of carbonyl (C=O) groups is 2. The number of carbonyl (C=O) groups excluding carboxylic acids is 2. The molecule has 0 saturated carbocycles. The Morgan fingerprint density at radius 2 is 2.11 bits per heavy atom. The summed E-state index contributed by atoms with van der Waals surface area (Å²) in [7, 11) is 0. The Kier molecular flexibility index (Phi) is 5.60. The molecule has 1 saturated heterocycles. The maximum atomic E-state index is 11.9. The molecule has 0 bridgehead atoms. The summed E-state index contributed by atoms with van der Waals surface area (Å²) in [5, 5.41) is 2.48. The van der Waals surface area contributed by atoms with Gasteiger partial charge in [-0.2, -0.15) is 0 Å². The monoisotopic (exact) mass is 273 g/mol. The van der Waals surface area contributed by atoms with Crippen LogP contribution in [-0.2, 0) is 19.0 Å². The Balaban J connectivity index is 2.57. The molecule has 6 heteroatoms. The molecule has 1 aliphatic rings. The van der Waals surface area contributed by atoms with Gasteiger partial charge >= 0.3 is 12.1 Å². The summed E-state index contributed by atoms with van der Waals surface area (Å²) in [4.78, 5) is 23.5. The average molecular weight is 273 g/mol. The number of alkyl carbamates (subject to hydrolysis) is 1. The van der Waals surface area contributed by atoms with Gasteiger partial charge in [0.15, 0.2) is 6.04 Å². The molecule has 0 aromatic rings. The van der Waals surface area contributed by atoms with Gasteiger partial charge in [-0.1, -0.05) is 0 Å². The highest BCUT2D eigenvalue weighted by atomic mass is 16.6. The molecule has 1 unspecified atom stereocenters. The van der Waals surface area contributed by atoms with E-state index in [1.54, 1.807) is 20.8 Å². The van der Waals surface area contributed by atoms with E-state index in [1.165, 1.54) is 0 Å². The van der Waals surface area contributed by atoms with Crippen molar-refractivity contribution in [2.24, 2.45) is 0 Å². The van der Waals surface area contributed by atoms with E-state index >= 15 is 0 Å². The van der Waals surface area contributed by atoms with E-state index in [0.717, 1.165) is 12.8 Å². The maximum absolute atomic E-state index is 11.9. The predicted molar refractivity (Wildman–Crippen MR) is 68.8 cm³/mol. The van der Waals surface area contributed by atoms with Crippen LogP contribution >= 0.6 is 0 Å². The SMILES string of the molecule is CC1CCCOC[C@H](NC(=O)OC(C)(C)C)C(=O)O1. The van der Waals surface area contributed by atoms with E-state index in [1.807, 2.05) is 6.92 Å². The second-order valence-corrected chi connectivity index (χ2v) is 5.66. The summed E-state index contributed by atoms with van der Waals surface area (Å²) < 4.78 is 15.7. The van der Waals surface area contributed by atoms with Crippen molar-refractivity contribution >= 4 is 12.1 Å². The van der Waals surface area contributed by atoms with Gasteiger partial charge in [0, 0.05) is 6.61 Å². The first kappa shape index (κ1) is 15.8. The van der Waals surface area contributed by atoms with Crippen molar-refractivity contribution in [3.8, 4) is 0 Å². The minimum atomic E-state index is -0.824. The van der Waals surface area contributed by atoms with Gasteiger partial charge in [-0.15, -0.1) is 0 Å². The van der Waals surface area contributed by atoms with E-state index in [4.69, 9.17) is 14.2 Å². The number of rotatable bonds is 1. The van der Waals surface area contributed by atoms with Crippen molar-refractivity contribution < 1.29 is 23.8 Å². The third kappa shape index (κ3) is 6.42. The lowest BCUT2D eigenvalue weighted by atomic mass is 10.2. The van der Waals surface area contributed by atoms with Crippen molar-refractivity contribution in [3.63, 3.8) is 0 Å². The zero-order valence-corrected chi connectivity index (χ0v) is 12.0. The number of amides is 1. The first-order valence-electron chi connectivity index (χ1n) is 6.55. The summed E-state index contributed by atoms with van der Waals surface area (Å²) >= 11 is 0. The number of ether oxygens (including phenoxy) is 3. The average Bonchev–Trinajstić information content (AvgIpc) is 2.29. The zero-order valence-electron chi connectivity index (χ0n) is 12.0. The van der Waals surface area contributed by atoms with Crippen LogP contribution in [0, 0.1) is 0 Å². The number of hydrogen-bond donors (Lipinski definition) is 1. The van der Waals surface area contributed by atoms with Crippen molar-refractivity contribution in [1.82, 2.24) is 5.32 Å². The van der Waals surface area contributed by atoms with Crippen molar-refractivity contribution in [2.75, 3.05) is 13.2 Å². The van der Waals surface area contributed by atoms with Crippen LogP contribution in [0.5, 0.6) is 0 Å². The molecule has 2 atom stereocenters. The van der Waals surface area contributed by atoms with Gasteiger partial charge in [-0.3, -0.25) is 0 Å². The third-order valence-corrected chi connectivity index (χ3v) is 2.48. The predicted octanol–water partition coefficient (Wildman–Crippen LogP) is 1.62. The molecule has 1 N–H and O–H groups in total. The third-order valence-electron chi connectivity index (χ3n) is 2.48. The van der Waals surface area contributed by atoms with Crippen LogP contribution in [0.3, 0.4) is 0 Å². The summed E-state index contributed by atoms with van der Waals surface area (Å²) in [5.74, 6) is -0.486. The van der Waals surface area contributed by atoms with E-state index in [0.29, 0.717) is 6.61 Å². The summed E-state index contributed by atoms with van der Waals surface area (Å²) in [6.07, 6.45) is 0.764. The summed E-state index contributed by atoms with van der Waals surface area (Å²) in [6.45, 7) is 7.75. The minimum Gasteiger partial charge on any atom is -0.461 e. The fourth-order valence-corrected chi connectivity index (χ4v) is 1.63. The van der Waals surface area contributed by atoms with Crippen LogP contribution in [0.1, 0.15) is 40.5 Å². The van der Waals surface area contributed by atoms with Gasteiger partial charge < -0.3 is 19.5 Å². The Labute approximate surface area is 113 Å². The molecule has 0 aliphatic carbocycles. The second-order valence-electron chi connectivity index (χ2n) is 5.66. The molecule has 1 heterocycles. The lowest BCUT2D eigenvalue weighted by molar-refractivity contribution is -0.151. The van der Waals surface area contributed by atoms with Gasteiger partial charge in [-0.05, 0) is 40.5 Å². The van der Waals surface area contributed by atoms with Crippen molar-refractivity contribution in [1.29, 1.82) is 0 Å². The van der Waals surface area contributed by atoms with Crippen molar-refractivity contribution in [2.45, 2.75) is 58.3 Å². The molecule has 0 spiro atoms. The lowest BCUT2D eigenvalue weighted by Crippen LogP contribution is -2.47. The van der Waals surface area contributed by atoms with Crippen LogP contribution in [0.25, 0.3) is 0 Å². The highest BCUT2D eigenvalue weighted by Crippen LogP contribution is 2.09. The standard InChI is InChI=1S/C13H23NO5/c1-9-6-5-7-17-8-10(11(15)18-9)14-12(16)19-13(2,3)4/h9-10H,5-8H2,1-4H3,(H,14,16)/t9?,10-/m0/s1. The number of esters is 1. The van der Waals surface area contributed by atoms with Crippen LogP contribution in [0.4, 0.5) is 4.79 Å². The zero-order chi connectivity index (χ0) is 14.5. The Hall–Kier alpha value is -1.30. The Bertz CT molecular complexity index is 323. The Morgan fingerprint density at radius 3 is 2.74 bits per heavy atom. The second kappa shape index (κ2) is 6.75. The molecule has 0 aromatic carbocycles. The van der Waals surface area contributed by atoms with E-state index < -0.39 is 23.7 Å². The molecule has 1 amide bonds. The largest absolute Gasteiger partial charge is 0.461 e. The quantitative estimate of drug-likeness (QED) is 0.735. The van der Waals surface area contributed by atoms with E-state index in [-0.39, 0.29) is 12.7 Å². The highest BCUT2D eigenvalue weighted by molar-refractivity contribution is 5.81. The molecule has 0 aromatic heterocycles. The first-order chi connectivity index (χ1) is 8.78. The topological polar surface area (TPSA) is 73.9 Å². The number of cyclic esters (lactones) is 1. The molecule has 0 radical (unpaired) electrons. The van der Waals surface area contributed by atoms with Crippen LogP contribution in [-0.4, -0.2) is 43.0 Å². The molecular weight excluding hydrogens is 250 g/mol. The van der Waals surface area contributed by atoms with Gasteiger partial charge in [-0.25, -0.2) is 9.59 Å². The minimum absolute atomic E-state index is 0.102. The molecule has 1 aliphatic heterocycles. The van der Waals surface area contributed by atoms with Gasteiger partial charge in [0.2, 0.25) is 0 Å². The number of nitrogens with one attached hydrogen (secondary N) is 1. The molecular formula is C13H23NO5. The van der Waals surface area contributed by atoms with Crippen molar-refractivity contribution in [3.05, 3.63) is 0 Å². The Morgan fingerprint density at radius 1 is 1.42 bits per heavy atom. The first-order valence-corrected chi connectivity index (χ1v) is 6.55. The maximum Gasteiger partial charge on any atom is 0.408 e. The lowest BCUT2D eigenvalue weighted by Gasteiger charge is -2.23. The fraction of sp³-hybridized carbons (Fsp3) is 0.846. The van der Waals surface area contributed by atoms with Crippen LogP contribution in [0.15, 0.2) is 0 Å². The molecule has 6 nitrogen and oxygen atoms in total. The summed E-state index contributed by atoms with van der Waals surface area (Å²) in [5.41, 5.74) is -0.610. The molecule has 19 heavy (non-hydrogen) atoms. The molecule has 110 valence electrons. The van der Waals surface area contributed by atoms with Gasteiger partial charge in [0.05, 0.1) is 12.7 Å². The summed E-state index contributed by atoms with van der Waals surface area (Å²) in [6, 6.07) is -0.824. The fourth-order valence-electron chi connectivity index (χ4n) is 1.63. The number of hydrogen-bond acceptors (Lipinski definition) is 5. The van der Waals surface area contributed by atoms with Crippen LogP contribution < -0.4 is 5.32 Å². The van der Waals surface area contributed by atoms with E-state index in [2.05, 4.69) is 5.32 Å². The normalized spacial score (nSPS) is 25.6. The van der Waals surface area contributed by atoms with Crippen LogP contribution in [0.2, 0.25) is 0 Å². The molecule has 1 fully saturated rings.